The fraction of sp³-hybridized carbons (Fsp3) is 0.250. The van der Waals surface area contributed by atoms with Gasteiger partial charge in [-0.3, -0.25) is 9.79 Å². The number of carboxylic acid groups (broad SMARTS) is 1. The minimum absolute atomic E-state index is 0.00704. The molecule has 150 valence electrons. The predicted molar refractivity (Wildman–Crippen MR) is 110 cm³/mol. The number of carboxylic acids is 1. The highest BCUT2D eigenvalue weighted by molar-refractivity contribution is 9.10. The number of ether oxygens (including phenoxy) is 1. The number of fused-ring (bicyclic) bond motifs is 1. The lowest BCUT2D eigenvalue weighted by molar-refractivity contribution is -0.149. The maximum atomic E-state index is 14.8. The highest BCUT2D eigenvalue weighted by Crippen LogP contribution is 2.53. The number of carbonyl (C=O) groups is 2. The number of hydrogen-bond donors (Lipinski definition) is 2. The van der Waals surface area contributed by atoms with Crippen LogP contribution in [0.5, 0.6) is 0 Å². The Balaban J connectivity index is 1.70. The number of aliphatic imine (C=N–C) groups is 1. The van der Waals surface area contributed by atoms with Crippen LogP contribution in [0.1, 0.15) is 15.9 Å². The van der Waals surface area contributed by atoms with Gasteiger partial charge in [-0.1, -0.05) is 45.9 Å². The summed E-state index contributed by atoms with van der Waals surface area (Å²) < 4.78 is 20.0. The molecule has 2 heterocycles. The lowest BCUT2D eigenvalue weighted by Crippen LogP contribution is -2.45. The third kappa shape index (κ3) is 3.70. The number of carbonyl (C=O) groups excluding carboxylic acids is 1. The molecular weight excluding hydrogens is 463 g/mol. The van der Waals surface area contributed by atoms with Crippen molar-refractivity contribution in [2.45, 2.75) is 10.9 Å². The summed E-state index contributed by atoms with van der Waals surface area (Å²) in [7, 11) is 0. The van der Waals surface area contributed by atoms with Crippen molar-refractivity contribution in [2.75, 3.05) is 13.2 Å². The fourth-order valence-electron chi connectivity index (χ4n) is 3.64. The summed E-state index contributed by atoms with van der Waals surface area (Å²) in [5.41, 5.74) is 0.790. The molecule has 6 nitrogen and oxygen atoms in total. The Morgan fingerprint density at radius 1 is 1.28 bits per heavy atom. The summed E-state index contributed by atoms with van der Waals surface area (Å²) in [4.78, 5) is 28.6. The maximum Gasteiger partial charge on any atom is 0.333 e. The average Bonchev–Trinajstić information content (AvgIpc) is 3.10. The van der Waals surface area contributed by atoms with Gasteiger partial charge in [0, 0.05) is 28.1 Å². The van der Waals surface area contributed by atoms with Crippen LogP contribution in [0.15, 0.2) is 58.0 Å². The molecule has 2 aliphatic heterocycles. The molecule has 0 unspecified atom stereocenters. The molecule has 2 N–H and O–H groups in total. The number of halogens is 2. The molecule has 29 heavy (non-hydrogen) atoms. The number of nitrogens with one attached hydrogen (secondary N) is 1. The van der Waals surface area contributed by atoms with Gasteiger partial charge in [-0.15, -0.1) is 0 Å². The smallest absolute Gasteiger partial charge is 0.333 e. The molecule has 0 bridgehead atoms. The second kappa shape index (κ2) is 7.89. The number of rotatable bonds is 3. The Bertz CT molecular complexity index is 1000. The van der Waals surface area contributed by atoms with Crippen LogP contribution in [0, 0.1) is 11.7 Å². The van der Waals surface area contributed by atoms with Crippen molar-refractivity contribution in [2.24, 2.45) is 10.9 Å². The number of benzene rings is 2. The first-order valence-electron chi connectivity index (χ1n) is 8.80. The maximum absolute atomic E-state index is 14.8. The van der Waals surface area contributed by atoms with Crippen LogP contribution in [0.4, 0.5) is 4.39 Å². The molecule has 0 spiro atoms. The quantitative estimate of drug-likeness (QED) is 0.705. The van der Waals surface area contributed by atoms with E-state index >= 15 is 0 Å². The molecule has 0 aromatic heterocycles. The van der Waals surface area contributed by atoms with Gasteiger partial charge in [0.25, 0.3) is 5.91 Å². The van der Waals surface area contributed by atoms with Crippen LogP contribution in [0.3, 0.4) is 0 Å². The predicted octanol–water partition coefficient (Wildman–Crippen LogP) is 3.42. The summed E-state index contributed by atoms with van der Waals surface area (Å²) in [6.45, 7) is 0.0905. The number of amidine groups is 1. The summed E-state index contributed by atoms with van der Waals surface area (Å²) >= 11 is 4.49. The summed E-state index contributed by atoms with van der Waals surface area (Å²) in [5, 5.41) is 12.6. The van der Waals surface area contributed by atoms with Gasteiger partial charge >= 0.3 is 5.97 Å². The highest BCUT2D eigenvalue weighted by Gasteiger charge is 2.57. The van der Waals surface area contributed by atoms with Crippen molar-refractivity contribution in [3.8, 4) is 0 Å². The van der Waals surface area contributed by atoms with E-state index in [9.17, 15) is 19.1 Å². The van der Waals surface area contributed by atoms with Crippen molar-refractivity contribution >= 4 is 44.7 Å². The second-order valence-corrected chi connectivity index (χ2v) is 8.99. The highest BCUT2D eigenvalue weighted by atomic mass is 79.9. The minimum atomic E-state index is -1.11. The van der Waals surface area contributed by atoms with Gasteiger partial charge in [0.1, 0.15) is 5.82 Å². The van der Waals surface area contributed by atoms with Gasteiger partial charge in [-0.05, 0) is 30.3 Å². The van der Waals surface area contributed by atoms with E-state index in [1.807, 2.05) is 0 Å². The minimum Gasteiger partial charge on any atom is -0.479 e. The zero-order chi connectivity index (χ0) is 20.6. The summed E-state index contributed by atoms with van der Waals surface area (Å²) in [6, 6.07) is 13.2. The number of aliphatic carboxylic acids is 1. The molecule has 0 saturated carbocycles. The van der Waals surface area contributed by atoms with Crippen LogP contribution < -0.4 is 5.32 Å². The Morgan fingerprint density at radius 2 is 2.03 bits per heavy atom. The van der Waals surface area contributed by atoms with Crippen molar-refractivity contribution in [1.82, 2.24) is 5.32 Å². The van der Waals surface area contributed by atoms with Gasteiger partial charge < -0.3 is 15.2 Å². The lowest BCUT2D eigenvalue weighted by Gasteiger charge is -2.37. The van der Waals surface area contributed by atoms with E-state index < -0.39 is 28.6 Å². The number of thioether (sulfide) groups is 1. The first kappa shape index (κ1) is 20.1. The fourth-order valence-corrected chi connectivity index (χ4v) is 5.37. The van der Waals surface area contributed by atoms with Gasteiger partial charge in [0.05, 0.1) is 11.4 Å². The van der Waals surface area contributed by atoms with Crippen molar-refractivity contribution < 1.29 is 23.8 Å². The SMILES string of the molecule is O=C(NC1=NC[C@H]2[C@@H](C(=O)O)OC[C@]2(c2cc(Br)ccc2F)S1)c1ccccc1. The van der Waals surface area contributed by atoms with Crippen LogP contribution >= 0.6 is 27.7 Å². The third-order valence-electron chi connectivity index (χ3n) is 5.04. The van der Waals surface area contributed by atoms with Crippen molar-refractivity contribution in [3.05, 3.63) is 69.9 Å². The molecule has 4 rings (SSSR count). The van der Waals surface area contributed by atoms with E-state index in [1.54, 1.807) is 42.5 Å². The first-order valence-corrected chi connectivity index (χ1v) is 10.4. The summed E-state index contributed by atoms with van der Waals surface area (Å²) in [5.74, 6) is -2.49. The Hall–Kier alpha value is -2.23. The molecule has 2 aromatic carbocycles. The van der Waals surface area contributed by atoms with Crippen LogP contribution in [-0.4, -0.2) is 41.4 Å². The lowest BCUT2D eigenvalue weighted by atomic mass is 9.83. The molecule has 3 atom stereocenters. The first-order chi connectivity index (χ1) is 13.9. The van der Waals surface area contributed by atoms with E-state index in [1.165, 1.54) is 6.07 Å². The van der Waals surface area contributed by atoms with Crippen molar-refractivity contribution in [3.63, 3.8) is 0 Å². The number of amides is 1. The van der Waals surface area contributed by atoms with Crippen molar-refractivity contribution in [1.29, 1.82) is 0 Å². The van der Waals surface area contributed by atoms with Crippen LogP contribution in [-0.2, 0) is 14.3 Å². The summed E-state index contributed by atoms with van der Waals surface area (Å²) in [6.07, 6.45) is -1.10. The topological polar surface area (TPSA) is 88.0 Å². The molecule has 2 aliphatic rings. The number of nitrogens with zero attached hydrogens (tertiary/aromatic N) is 1. The Kier molecular flexibility index (Phi) is 5.46. The second-order valence-electron chi connectivity index (χ2n) is 6.76. The standard InChI is InChI=1S/C20H16BrFN2O4S/c21-12-6-7-15(22)13(8-12)20-10-28-16(18(26)27)14(20)9-23-19(29-20)24-17(25)11-4-2-1-3-5-11/h1-8,14,16H,9-10H2,(H,26,27)(H,23,24,25)/t14-,16-,20+/m0/s1. The van der Waals surface area contributed by atoms with E-state index in [-0.39, 0.29) is 19.1 Å². The Morgan fingerprint density at radius 3 is 2.76 bits per heavy atom. The molecule has 1 saturated heterocycles. The molecule has 9 heteroatoms. The molecular formula is C20H16BrFN2O4S. The Labute approximate surface area is 178 Å². The van der Waals surface area contributed by atoms with E-state index in [4.69, 9.17) is 4.74 Å². The zero-order valence-electron chi connectivity index (χ0n) is 15.0. The van der Waals surface area contributed by atoms with Gasteiger partial charge in [-0.25, -0.2) is 9.18 Å². The third-order valence-corrected chi connectivity index (χ3v) is 6.96. The van der Waals surface area contributed by atoms with E-state index in [0.29, 0.717) is 20.8 Å². The van der Waals surface area contributed by atoms with Gasteiger partial charge in [0.15, 0.2) is 11.3 Å². The number of hydrogen-bond acceptors (Lipinski definition) is 5. The van der Waals surface area contributed by atoms with Gasteiger partial charge in [-0.2, -0.15) is 0 Å². The zero-order valence-corrected chi connectivity index (χ0v) is 17.4. The molecule has 2 aromatic rings. The van der Waals surface area contributed by atoms with E-state index in [0.717, 1.165) is 11.8 Å². The van der Waals surface area contributed by atoms with Crippen LogP contribution in [0.2, 0.25) is 0 Å². The molecule has 1 amide bonds. The normalized spacial score (nSPS) is 25.8. The largest absolute Gasteiger partial charge is 0.479 e. The monoisotopic (exact) mass is 478 g/mol. The molecule has 0 aliphatic carbocycles. The molecule has 1 fully saturated rings. The average molecular weight is 479 g/mol. The van der Waals surface area contributed by atoms with E-state index in [2.05, 4.69) is 26.2 Å². The molecule has 0 radical (unpaired) electrons. The van der Waals surface area contributed by atoms with Gasteiger partial charge in [0.2, 0.25) is 0 Å². The van der Waals surface area contributed by atoms with Crippen LogP contribution in [0.25, 0.3) is 0 Å².